The van der Waals surface area contributed by atoms with Crippen LogP contribution in [-0.2, 0) is 18.2 Å². The van der Waals surface area contributed by atoms with E-state index in [1.54, 1.807) is 69.2 Å². The van der Waals surface area contributed by atoms with Crippen molar-refractivity contribution in [2.45, 2.75) is 45.6 Å². The molecule has 1 N–H and O–H groups in total. The van der Waals surface area contributed by atoms with Gasteiger partial charge in [0.25, 0.3) is 6.43 Å². The summed E-state index contributed by atoms with van der Waals surface area (Å²) in [7, 11) is 1.76. The van der Waals surface area contributed by atoms with E-state index in [9.17, 15) is 13.6 Å². The quantitative estimate of drug-likeness (QED) is 0.534. The molecule has 0 fully saturated rings. The molecule has 7 nitrogen and oxygen atoms in total. The lowest BCUT2D eigenvalue weighted by atomic mass is 9.93. The molecule has 3 aromatic rings. The largest absolute Gasteiger partial charge is 0.444 e. The SMILES string of the molecule is Cn1cc(-c2cc3c(cc2C(F)F)N(c2cccc(NC(=O)OC(C)(C)C)n2)CCC3)cn1. The van der Waals surface area contributed by atoms with Crippen LogP contribution in [0.4, 0.5) is 30.9 Å². The first kappa shape index (κ1) is 22.7. The Hall–Kier alpha value is -3.49. The predicted molar refractivity (Wildman–Crippen MR) is 123 cm³/mol. The zero-order chi connectivity index (χ0) is 23.8. The molecule has 0 atom stereocenters. The molecule has 1 aromatic carbocycles. The number of carbonyl (C=O) groups is 1. The summed E-state index contributed by atoms with van der Waals surface area (Å²) in [5, 5.41) is 6.77. The summed E-state index contributed by atoms with van der Waals surface area (Å²) in [6.45, 7) is 5.97. The smallest absolute Gasteiger partial charge is 0.413 e. The van der Waals surface area contributed by atoms with Crippen molar-refractivity contribution in [3.05, 3.63) is 53.9 Å². The molecule has 1 amide bonds. The van der Waals surface area contributed by atoms with Gasteiger partial charge >= 0.3 is 6.09 Å². The molecule has 2 aromatic heterocycles. The summed E-state index contributed by atoms with van der Waals surface area (Å²) in [6, 6.07) is 8.61. The normalized spacial score (nSPS) is 13.7. The lowest BCUT2D eigenvalue weighted by molar-refractivity contribution is 0.0635. The Balaban J connectivity index is 1.68. The molecule has 0 unspecified atom stereocenters. The van der Waals surface area contributed by atoms with Crippen LogP contribution in [0.3, 0.4) is 0 Å². The fourth-order valence-electron chi connectivity index (χ4n) is 3.93. The van der Waals surface area contributed by atoms with Crippen LogP contribution in [0.15, 0.2) is 42.7 Å². The fraction of sp³-hybridized carbons (Fsp3) is 0.375. The van der Waals surface area contributed by atoms with Crippen LogP contribution in [0.25, 0.3) is 11.1 Å². The van der Waals surface area contributed by atoms with E-state index < -0.39 is 18.1 Å². The summed E-state index contributed by atoms with van der Waals surface area (Å²) in [6.07, 6.45) is 1.72. The zero-order valence-corrected chi connectivity index (χ0v) is 19.1. The predicted octanol–water partition coefficient (Wildman–Crippen LogP) is 5.85. The maximum Gasteiger partial charge on any atom is 0.413 e. The summed E-state index contributed by atoms with van der Waals surface area (Å²) in [5.41, 5.74) is 2.14. The second-order valence-electron chi connectivity index (χ2n) is 9.03. The number of fused-ring (bicyclic) bond motifs is 1. The standard InChI is InChI=1S/C24H27F2N5O2/c1-24(2,3)33-23(32)29-20-8-5-9-21(28-20)31-10-6-7-15-11-17(16-13-27-30(4)14-16)18(22(25)26)12-19(15)31/h5,8-9,11-14,22H,6-7,10H2,1-4H3,(H,28,29,32). The number of aryl methyl sites for hydroxylation is 2. The minimum Gasteiger partial charge on any atom is -0.444 e. The number of rotatable bonds is 4. The second-order valence-corrected chi connectivity index (χ2v) is 9.03. The number of alkyl halides is 2. The zero-order valence-electron chi connectivity index (χ0n) is 19.1. The number of amides is 1. The molecule has 0 bridgehead atoms. The third kappa shape index (κ3) is 5.13. The Morgan fingerprint density at radius 3 is 2.70 bits per heavy atom. The molecule has 1 aliphatic heterocycles. The lowest BCUT2D eigenvalue weighted by Gasteiger charge is -2.32. The van der Waals surface area contributed by atoms with Crippen molar-refractivity contribution in [3.8, 4) is 11.1 Å². The van der Waals surface area contributed by atoms with Crippen LogP contribution < -0.4 is 10.2 Å². The van der Waals surface area contributed by atoms with Crippen LogP contribution in [0.2, 0.25) is 0 Å². The van der Waals surface area contributed by atoms with Gasteiger partial charge in [-0.1, -0.05) is 6.07 Å². The molecule has 4 rings (SSSR count). The monoisotopic (exact) mass is 455 g/mol. The van der Waals surface area contributed by atoms with Crippen molar-refractivity contribution in [3.63, 3.8) is 0 Å². The number of halogens is 2. The molecule has 1 aliphatic rings. The number of hydrogen-bond acceptors (Lipinski definition) is 5. The van der Waals surface area contributed by atoms with Gasteiger partial charge in [-0.15, -0.1) is 0 Å². The third-order valence-electron chi connectivity index (χ3n) is 5.26. The van der Waals surface area contributed by atoms with Crippen molar-refractivity contribution in [2.24, 2.45) is 7.05 Å². The highest BCUT2D eigenvalue weighted by Crippen LogP contribution is 2.41. The van der Waals surface area contributed by atoms with Gasteiger partial charge in [-0.3, -0.25) is 10.00 Å². The van der Waals surface area contributed by atoms with Gasteiger partial charge in [0.2, 0.25) is 0 Å². The summed E-state index contributed by atoms with van der Waals surface area (Å²) in [5.74, 6) is 0.897. The van der Waals surface area contributed by atoms with Gasteiger partial charge in [-0.05, 0) is 69.0 Å². The minimum absolute atomic E-state index is 0.0447. The van der Waals surface area contributed by atoms with E-state index in [0.717, 1.165) is 18.4 Å². The molecule has 174 valence electrons. The summed E-state index contributed by atoms with van der Waals surface area (Å²) < 4.78 is 35.0. The molecule has 0 saturated carbocycles. The van der Waals surface area contributed by atoms with E-state index in [4.69, 9.17) is 4.74 Å². The molecule has 0 spiro atoms. The van der Waals surface area contributed by atoms with Crippen molar-refractivity contribution >= 4 is 23.4 Å². The average Bonchev–Trinajstić information content (AvgIpc) is 3.17. The number of carbonyl (C=O) groups excluding carboxylic acids is 1. The van der Waals surface area contributed by atoms with E-state index in [0.29, 0.717) is 35.0 Å². The lowest BCUT2D eigenvalue weighted by Crippen LogP contribution is -2.28. The third-order valence-corrected chi connectivity index (χ3v) is 5.26. The fourth-order valence-corrected chi connectivity index (χ4v) is 3.93. The average molecular weight is 456 g/mol. The van der Waals surface area contributed by atoms with E-state index >= 15 is 0 Å². The van der Waals surface area contributed by atoms with Gasteiger partial charge < -0.3 is 9.64 Å². The molecule has 0 radical (unpaired) electrons. The first-order chi connectivity index (χ1) is 15.6. The van der Waals surface area contributed by atoms with Crippen molar-refractivity contribution in [2.75, 3.05) is 16.8 Å². The summed E-state index contributed by atoms with van der Waals surface area (Å²) in [4.78, 5) is 18.6. The summed E-state index contributed by atoms with van der Waals surface area (Å²) >= 11 is 0. The van der Waals surface area contributed by atoms with Gasteiger partial charge in [0.15, 0.2) is 0 Å². The van der Waals surface area contributed by atoms with Gasteiger partial charge in [0.05, 0.1) is 6.20 Å². The second kappa shape index (κ2) is 8.80. The molecule has 0 aliphatic carbocycles. The molecular weight excluding hydrogens is 428 g/mol. The minimum atomic E-state index is -2.64. The van der Waals surface area contributed by atoms with Crippen LogP contribution >= 0.6 is 0 Å². The first-order valence-electron chi connectivity index (χ1n) is 10.8. The number of anilines is 3. The number of ether oxygens (including phenoxy) is 1. The van der Waals surface area contributed by atoms with E-state index in [2.05, 4.69) is 15.4 Å². The molecule has 9 heteroatoms. The number of hydrogen-bond donors (Lipinski definition) is 1. The number of benzene rings is 1. The highest BCUT2D eigenvalue weighted by Gasteiger charge is 2.25. The number of nitrogens with one attached hydrogen (secondary N) is 1. The van der Waals surface area contributed by atoms with Crippen LogP contribution in [0.1, 0.15) is 44.7 Å². The number of aromatic nitrogens is 3. The molecular formula is C24H27F2N5O2. The highest BCUT2D eigenvalue weighted by atomic mass is 19.3. The maximum absolute atomic E-state index is 14.0. The van der Waals surface area contributed by atoms with Gasteiger partial charge in [-0.25, -0.2) is 18.6 Å². The molecule has 0 saturated heterocycles. The van der Waals surface area contributed by atoms with Gasteiger partial charge in [-0.2, -0.15) is 5.10 Å². The Morgan fingerprint density at radius 1 is 1.24 bits per heavy atom. The Kier molecular flexibility index (Phi) is 6.05. The van der Waals surface area contributed by atoms with Crippen LogP contribution in [-0.4, -0.2) is 33.0 Å². The first-order valence-corrected chi connectivity index (χ1v) is 10.8. The Morgan fingerprint density at radius 2 is 2.03 bits per heavy atom. The topological polar surface area (TPSA) is 72.3 Å². The van der Waals surface area contributed by atoms with Crippen LogP contribution in [0.5, 0.6) is 0 Å². The molecule has 3 heterocycles. The van der Waals surface area contributed by atoms with Crippen molar-refractivity contribution in [1.82, 2.24) is 14.8 Å². The Labute approximate surface area is 191 Å². The maximum atomic E-state index is 14.0. The molecule has 33 heavy (non-hydrogen) atoms. The van der Waals surface area contributed by atoms with Gasteiger partial charge in [0, 0.05) is 36.6 Å². The van der Waals surface area contributed by atoms with Crippen molar-refractivity contribution in [1.29, 1.82) is 0 Å². The van der Waals surface area contributed by atoms with E-state index in [1.165, 1.54) is 0 Å². The van der Waals surface area contributed by atoms with E-state index in [-0.39, 0.29) is 5.56 Å². The number of nitrogens with zero attached hydrogens (tertiary/aromatic N) is 4. The van der Waals surface area contributed by atoms with Crippen LogP contribution in [0, 0.1) is 0 Å². The van der Waals surface area contributed by atoms with E-state index in [1.807, 2.05) is 11.0 Å². The van der Waals surface area contributed by atoms with Crippen molar-refractivity contribution < 1.29 is 18.3 Å². The number of pyridine rings is 1. The van der Waals surface area contributed by atoms with Gasteiger partial charge in [0.1, 0.15) is 17.2 Å². The highest BCUT2D eigenvalue weighted by molar-refractivity contribution is 5.84. The Bertz CT molecular complexity index is 1170.